The van der Waals surface area contributed by atoms with E-state index in [2.05, 4.69) is 54.4 Å². The number of thiol groups is 2. The summed E-state index contributed by atoms with van der Waals surface area (Å²) < 4.78 is 61.0. The van der Waals surface area contributed by atoms with Crippen molar-refractivity contribution in [1.29, 1.82) is 0 Å². The van der Waals surface area contributed by atoms with Crippen LogP contribution in [0.15, 0.2) is 31.4 Å². The summed E-state index contributed by atoms with van der Waals surface area (Å²) in [6.45, 7) is -8.07. The van der Waals surface area contributed by atoms with E-state index in [1.807, 2.05) is 4.57 Å². The summed E-state index contributed by atoms with van der Waals surface area (Å²) in [5, 5.41) is 10.7. The van der Waals surface area contributed by atoms with E-state index < -0.39 is 32.0 Å². The summed E-state index contributed by atoms with van der Waals surface area (Å²) in [5.41, 5.74) is 7.48. The number of hydrogen-bond donors (Lipinski definition) is 4. The lowest BCUT2D eigenvalue weighted by atomic mass is 9.70. The van der Waals surface area contributed by atoms with Crippen molar-refractivity contribution in [1.82, 2.24) is 43.4 Å². The molecule has 0 amide bonds. The molecule has 8 rings (SSSR count). The van der Waals surface area contributed by atoms with Gasteiger partial charge in [-0.05, 0) is 12.3 Å². The average Bonchev–Trinajstić information content (AvgIpc) is 3.77. The van der Waals surface area contributed by atoms with E-state index in [-0.39, 0.29) is 55.8 Å². The number of aromatic nitrogens is 9. The van der Waals surface area contributed by atoms with Gasteiger partial charge in [0.25, 0.3) is 0 Å². The smallest absolute Gasteiger partial charge is 0.386 e. The zero-order chi connectivity index (χ0) is 31.1. The van der Waals surface area contributed by atoms with Gasteiger partial charge in [-0.25, -0.2) is 34.0 Å². The van der Waals surface area contributed by atoms with Crippen LogP contribution < -0.4 is 5.73 Å². The molecule has 7 heterocycles. The normalized spacial score (nSPS) is 34.5. The van der Waals surface area contributed by atoms with Crippen molar-refractivity contribution in [3.8, 4) is 5.88 Å². The Balaban J connectivity index is 1.04. The van der Waals surface area contributed by atoms with Crippen LogP contribution in [0.5, 0.6) is 5.88 Å². The van der Waals surface area contributed by atoms with Gasteiger partial charge >= 0.3 is 13.6 Å². The van der Waals surface area contributed by atoms with Crippen LogP contribution >= 0.6 is 38.1 Å². The molecule has 3 aliphatic rings. The van der Waals surface area contributed by atoms with E-state index in [1.54, 1.807) is 17.1 Å². The third-order valence-corrected chi connectivity index (χ3v) is 11.8. The molecular weight excluding hydrogens is 670 g/mol. The Labute approximate surface area is 264 Å². The molecule has 1 aliphatic carbocycles. The van der Waals surface area contributed by atoms with Gasteiger partial charge in [0, 0.05) is 30.8 Å². The molecule has 0 unspecified atom stereocenters. The van der Waals surface area contributed by atoms with Crippen molar-refractivity contribution in [2.45, 2.75) is 37.3 Å². The van der Waals surface area contributed by atoms with Gasteiger partial charge in [-0.1, -0.05) is 24.5 Å². The van der Waals surface area contributed by atoms with Gasteiger partial charge in [0.05, 0.1) is 32.5 Å². The van der Waals surface area contributed by atoms with Crippen LogP contribution in [-0.4, -0.2) is 80.6 Å². The molecule has 18 nitrogen and oxygen atoms in total. The van der Waals surface area contributed by atoms with Crippen LogP contribution in [-0.2, 0) is 32.0 Å². The topological polar surface area (TPSA) is 218 Å². The maximum Gasteiger partial charge on any atom is 0.386 e. The van der Waals surface area contributed by atoms with Gasteiger partial charge in [-0.2, -0.15) is 4.98 Å². The van der Waals surface area contributed by atoms with E-state index in [1.165, 1.54) is 23.3 Å². The molecule has 0 spiro atoms. The third-order valence-electron chi connectivity index (χ3n) is 8.47. The van der Waals surface area contributed by atoms with Crippen molar-refractivity contribution < 1.29 is 37.1 Å². The summed E-state index contributed by atoms with van der Waals surface area (Å²) >= 11 is 8.47. The first-order chi connectivity index (χ1) is 21.6. The summed E-state index contributed by atoms with van der Waals surface area (Å²) in [7, 11) is 0. The second kappa shape index (κ2) is 10.9. The number of aromatic hydroxyl groups is 1. The fraction of sp³-hybridized carbons (Fsp3) is 0.478. The lowest BCUT2D eigenvalue weighted by molar-refractivity contribution is -0.0365. The molecule has 238 valence electrons. The second-order valence-electron chi connectivity index (χ2n) is 11.0. The van der Waals surface area contributed by atoms with Gasteiger partial charge in [0.15, 0.2) is 22.6 Å². The minimum absolute atomic E-state index is 0.0167. The van der Waals surface area contributed by atoms with Gasteiger partial charge in [-0.15, -0.1) is 0 Å². The summed E-state index contributed by atoms with van der Waals surface area (Å²) in [5.74, 6) is -0.0681. The number of nitrogens with zero attached hydrogens (tertiary/aromatic N) is 9. The Morgan fingerprint density at radius 3 is 2.53 bits per heavy atom. The van der Waals surface area contributed by atoms with Crippen LogP contribution in [0, 0.1) is 11.8 Å². The lowest BCUT2D eigenvalue weighted by Gasteiger charge is -2.45. The summed E-state index contributed by atoms with van der Waals surface area (Å²) in [6.07, 6.45) is 5.90. The number of nitrogen functional groups attached to an aromatic ring is 1. The first-order valence-electron chi connectivity index (χ1n) is 13.8. The Morgan fingerprint density at radius 1 is 0.889 bits per heavy atom. The second-order valence-corrected chi connectivity index (χ2v) is 16.8. The number of nitrogens with two attached hydrogens (primary N) is 1. The molecule has 0 bridgehead atoms. The molecule has 3 fully saturated rings. The van der Waals surface area contributed by atoms with Crippen LogP contribution in [0.1, 0.15) is 25.1 Å². The van der Waals surface area contributed by atoms with Crippen molar-refractivity contribution in [3.63, 3.8) is 0 Å². The molecule has 5 aromatic heterocycles. The maximum atomic E-state index is 13.5. The molecule has 0 radical (unpaired) electrons. The summed E-state index contributed by atoms with van der Waals surface area (Å²) in [6, 6.07) is -0.238. The fourth-order valence-electron chi connectivity index (χ4n) is 6.14. The number of hydrogen-bond acceptors (Lipinski definition) is 15. The molecule has 8 atom stereocenters. The van der Waals surface area contributed by atoms with Crippen molar-refractivity contribution in [2.24, 2.45) is 11.8 Å². The highest BCUT2D eigenvalue weighted by Crippen LogP contribution is 2.60. The minimum Gasteiger partial charge on any atom is -0.493 e. The molecular formula is C23H26N10O8P2S2. The van der Waals surface area contributed by atoms with E-state index >= 15 is 0 Å². The highest BCUT2D eigenvalue weighted by molar-refractivity contribution is 8.44. The molecule has 22 heteroatoms. The largest absolute Gasteiger partial charge is 0.493 e. The molecule has 0 aromatic carbocycles. The summed E-state index contributed by atoms with van der Waals surface area (Å²) in [4.78, 5) is 25.6. The van der Waals surface area contributed by atoms with Gasteiger partial charge in [0.2, 0.25) is 11.7 Å². The Hall–Kier alpha value is -2.80. The van der Waals surface area contributed by atoms with E-state index in [0.717, 1.165) is 0 Å². The third kappa shape index (κ3) is 5.21. The molecule has 2 saturated heterocycles. The van der Waals surface area contributed by atoms with Crippen LogP contribution in [0.25, 0.3) is 28.1 Å². The van der Waals surface area contributed by atoms with Crippen molar-refractivity contribution >= 4 is 72.0 Å². The Bertz CT molecular complexity index is 2040. The minimum atomic E-state index is -3.91. The first kappa shape index (κ1) is 29.6. The van der Waals surface area contributed by atoms with Crippen molar-refractivity contribution in [2.75, 3.05) is 25.6 Å². The number of ether oxygens (including phenoxy) is 1. The molecule has 3 N–H and O–H groups in total. The van der Waals surface area contributed by atoms with E-state index in [9.17, 15) is 14.2 Å². The zero-order valence-corrected chi connectivity index (χ0v) is 26.7. The van der Waals surface area contributed by atoms with Crippen LogP contribution in [0.4, 0.5) is 5.82 Å². The number of imidazole rings is 3. The lowest BCUT2D eigenvalue weighted by Crippen LogP contribution is -2.43. The maximum absolute atomic E-state index is 13.5. The van der Waals surface area contributed by atoms with Crippen molar-refractivity contribution in [3.05, 3.63) is 31.4 Å². The molecule has 45 heavy (non-hydrogen) atoms. The SMILES string of the molecule is Nc1ncnc2c1ncn2[C@H]1C[C@@H]2O[P@](=O)(S)OC[C@H]3C[C@@H](n4cnc5c(O)n6ccnc6nc54)[C@@H]3CO[P@@](=O)(S)OC[C@H]2O1. The van der Waals surface area contributed by atoms with Crippen LogP contribution in [0.2, 0.25) is 0 Å². The number of fused-ring (bicyclic) bond motifs is 5. The predicted molar refractivity (Wildman–Crippen MR) is 163 cm³/mol. The predicted octanol–water partition coefficient (Wildman–Crippen LogP) is 3.20. The van der Waals surface area contributed by atoms with Crippen LogP contribution in [0.3, 0.4) is 0 Å². The van der Waals surface area contributed by atoms with E-state index in [4.69, 9.17) is 28.6 Å². The highest BCUT2D eigenvalue weighted by Gasteiger charge is 2.47. The first-order valence-corrected chi connectivity index (χ1v) is 19.2. The van der Waals surface area contributed by atoms with Gasteiger partial charge < -0.3 is 29.2 Å². The monoisotopic (exact) mass is 696 g/mol. The molecule has 2 aliphatic heterocycles. The number of anilines is 1. The van der Waals surface area contributed by atoms with E-state index in [0.29, 0.717) is 34.5 Å². The number of rotatable bonds is 2. The van der Waals surface area contributed by atoms with Gasteiger partial charge in [0.1, 0.15) is 30.3 Å². The highest BCUT2D eigenvalue weighted by atomic mass is 32.7. The Kier molecular flexibility index (Phi) is 7.16. The zero-order valence-electron chi connectivity index (χ0n) is 23.1. The molecule has 1 saturated carbocycles. The fourth-order valence-corrected chi connectivity index (χ4v) is 8.88. The standard InChI is InChI=1S/C23H26N10O8P2S2/c24-19-17-20(27-8-26-19)33(10-28-17)16-4-14-15(40-16)7-39-42(35,44)38-6-12-11(5-37-43(36,45)41-14)3-13(12)32-9-29-18-21(32)30-23-25-1-2-31(23)22(18)34/h1-2,8-16,34H,3-7H2,(H,35,44)(H,36,45)(H2,24,26,27)/t11-,12-,13-,14+,15-,16-,42-,43-/m1/s1. The van der Waals surface area contributed by atoms with Gasteiger partial charge in [-0.3, -0.25) is 18.0 Å². The Morgan fingerprint density at radius 2 is 1.67 bits per heavy atom. The quantitative estimate of drug-likeness (QED) is 0.154. The average molecular weight is 697 g/mol. The molecule has 5 aromatic rings.